The number of benzene rings is 2. The summed E-state index contributed by atoms with van der Waals surface area (Å²) in [7, 11) is 1.39. The Balaban J connectivity index is 1.52. The zero-order valence-electron chi connectivity index (χ0n) is 19.8. The van der Waals surface area contributed by atoms with Crippen molar-refractivity contribution in [3.8, 4) is 17.3 Å². The molecule has 1 amide bonds. The minimum absolute atomic E-state index is 0.00375. The number of fused-ring (bicyclic) bond motifs is 1. The summed E-state index contributed by atoms with van der Waals surface area (Å²) in [4.78, 5) is 28.5. The highest BCUT2D eigenvalue weighted by molar-refractivity contribution is 6.32. The molecule has 2 N–H and O–H groups in total. The molecule has 0 fully saturated rings. The minimum atomic E-state index is -4.95. The molecule has 3 heterocycles. The largest absolute Gasteiger partial charge is 0.481 e. The number of carboxylic acids is 1. The number of aromatic carboxylic acids is 1. The summed E-state index contributed by atoms with van der Waals surface area (Å²) in [6.07, 6.45) is -1.45. The maximum absolute atomic E-state index is 14.3. The standard InChI is InChI=1S/C25H16ClF3N6O4/c1-39-23-15-3-2-4-18(14(15)7-9-30-23)35-21(25(27,28)29)16(12-32-35)22(36)33-13-5-6-19(17(26)11-13)34-20(24(37)38)8-10-31-34/h2-12H,1H3,(H,33,36)(H,37,38). The van der Waals surface area contributed by atoms with Crippen LogP contribution in [0, 0.1) is 0 Å². The van der Waals surface area contributed by atoms with Crippen molar-refractivity contribution in [1.82, 2.24) is 24.5 Å². The molecule has 39 heavy (non-hydrogen) atoms. The van der Waals surface area contributed by atoms with Gasteiger partial charge in [-0.05, 0) is 42.5 Å². The predicted molar refractivity (Wildman–Crippen MR) is 134 cm³/mol. The van der Waals surface area contributed by atoms with E-state index in [0.717, 1.165) is 10.9 Å². The number of methoxy groups -OCH3 is 1. The fourth-order valence-corrected chi connectivity index (χ4v) is 4.35. The van der Waals surface area contributed by atoms with E-state index in [9.17, 15) is 27.9 Å². The van der Waals surface area contributed by atoms with Crippen molar-refractivity contribution >= 4 is 39.9 Å². The van der Waals surface area contributed by atoms with Crippen molar-refractivity contribution in [3.05, 3.63) is 89.1 Å². The van der Waals surface area contributed by atoms with Crippen molar-refractivity contribution in [2.75, 3.05) is 12.4 Å². The minimum Gasteiger partial charge on any atom is -0.481 e. The third kappa shape index (κ3) is 4.63. The number of hydrogen-bond acceptors (Lipinski definition) is 6. The second-order valence-electron chi connectivity index (χ2n) is 8.06. The Kier molecular flexibility index (Phi) is 6.44. The highest BCUT2D eigenvalue weighted by atomic mass is 35.5. The van der Waals surface area contributed by atoms with E-state index >= 15 is 0 Å². The van der Waals surface area contributed by atoms with Gasteiger partial charge in [-0.1, -0.05) is 17.7 Å². The van der Waals surface area contributed by atoms with Crippen molar-refractivity contribution in [2.45, 2.75) is 6.18 Å². The number of nitrogens with one attached hydrogen (secondary N) is 1. The third-order valence-corrected chi connectivity index (χ3v) is 6.05. The molecular weight excluding hydrogens is 541 g/mol. The van der Waals surface area contributed by atoms with Crippen LogP contribution in [0.15, 0.2) is 67.1 Å². The van der Waals surface area contributed by atoms with Crippen LogP contribution < -0.4 is 10.1 Å². The van der Waals surface area contributed by atoms with Crippen LogP contribution in [0.5, 0.6) is 5.88 Å². The number of rotatable bonds is 6. The summed E-state index contributed by atoms with van der Waals surface area (Å²) in [6.45, 7) is 0. The maximum atomic E-state index is 14.3. The van der Waals surface area contributed by atoms with E-state index in [1.54, 1.807) is 6.07 Å². The molecule has 0 bridgehead atoms. The van der Waals surface area contributed by atoms with Crippen molar-refractivity contribution in [3.63, 3.8) is 0 Å². The molecule has 0 aliphatic heterocycles. The lowest BCUT2D eigenvalue weighted by molar-refractivity contribution is -0.143. The maximum Gasteiger partial charge on any atom is 0.434 e. The summed E-state index contributed by atoms with van der Waals surface area (Å²) in [5.74, 6) is -2.10. The molecule has 0 spiro atoms. The fraction of sp³-hybridized carbons (Fsp3) is 0.0800. The van der Waals surface area contributed by atoms with Crippen LogP contribution >= 0.6 is 11.6 Å². The van der Waals surface area contributed by atoms with Gasteiger partial charge in [0.05, 0.1) is 41.5 Å². The van der Waals surface area contributed by atoms with Crippen LogP contribution in [-0.2, 0) is 6.18 Å². The first-order chi connectivity index (χ1) is 18.6. The number of nitrogens with zero attached hydrogens (tertiary/aromatic N) is 5. The van der Waals surface area contributed by atoms with Gasteiger partial charge in [-0.3, -0.25) is 4.79 Å². The molecule has 14 heteroatoms. The highest BCUT2D eigenvalue weighted by Gasteiger charge is 2.41. The zero-order chi connectivity index (χ0) is 27.9. The molecule has 0 saturated carbocycles. The monoisotopic (exact) mass is 556 g/mol. The number of alkyl halides is 3. The molecule has 3 aromatic heterocycles. The fourth-order valence-electron chi connectivity index (χ4n) is 4.09. The van der Waals surface area contributed by atoms with Crippen LogP contribution in [0.3, 0.4) is 0 Å². The van der Waals surface area contributed by atoms with Crippen molar-refractivity contribution in [2.24, 2.45) is 0 Å². The molecule has 5 rings (SSSR count). The molecule has 0 atom stereocenters. The molecule has 5 aromatic rings. The topological polar surface area (TPSA) is 124 Å². The van der Waals surface area contributed by atoms with Gasteiger partial charge in [0.1, 0.15) is 0 Å². The van der Waals surface area contributed by atoms with Gasteiger partial charge in [0, 0.05) is 22.7 Å². The average molecular weight is 557 g/mol. The van der Waals surface area contributed by atoms with Gasteiger partial charge in [-0.2, -0.15) is 23.4 Å². The van der Waals surface area contributed by atoms with Crippen LogP contribution in [-0.4, -0.2) is 48.6 Å². The molecule has 0 aliphatic rings. The number of ether oxygens (including phenoxy) is 1. The van der Waals surface area contributed by atoms with Gasteiger partial charge in [-0.25, -0.2) is 19.1 Å². The van der Waals surface area contributed by atoms with Crippen molar-refractivity contribution in [1.29, 1.82) is 0 Å². The molecule has 10 nitrogen and oxygen atoms in total. The van der Waals surface area contributed by atoms with Gasteiger partial charge in [0.2, 0.25) is 5.88 Å². The number of carbonyl (C=O) groups excluding carboxylic acids is 1. The summed E-state index contributed by atoms with van der Waals surface area (Å²) in [5.41, 5.74) is -1.82. The second-order valence-corrected chi connectivity index (χ2v) is 8.47. The number of pyridine rings is 1. The number of aromatic nitrogens is 5. The first kappa shape index (κ1) is 25.7. The van der Waals surface area contributed by atoms with E-state index in [4.69, 9.17) is 16.3 Å². The Bertz CT molecular complexity index is 1750. The summed E-state index contributed by atoms with van der Waals surface area (Å²) in [6, 6.07) is 11.4. The number of halogens is 4. The van der Waals surface area contributed by atoms with E-state index < -0.39 is 29.3 Å². The van der Waals surface area contributed by atoms with Gasteiger partial charge >= 0.3 is 12.1 Å². The number of amides is 1. The Hall–Kier alpha value is -4.91. The Morgan fingerprint density at radius 3 is 2.49 bits per heavy atom. The average Bonchev–Trinajstić information content (AvgIpc) is 3.56. The van der Waals surface area contributed by atoms with Gasteiger partial charge < -0.3 is 15.2 Å². The lowest BCUT2D eigenvalue weighted by Gasteiger charge is -2.15. The van der Waals surface area contributed by atoms with Crippen molar-refractivity contribution < 1.29 is 32.6 Å². The summed E-state index contributed by atoms with van der Waals surface area (Å²) >= 11 is 6.28. The first-order valence-corrected chi connectivity index (χ1v) is 11.4. The lowest BCUT2D eigenvalue weighted by atomic mass is 10.1. The normalized spacial score (nSPS) is 11.5. The van der Waals surface area contributed by atoms with Crippen LogP contribution in [0.25, 0.3) is 22.1 Å². The van der Waals surface area contributed by atoms with E-state index in [-0.39, 0.29) is 33.7 Å². The smallest absolute Gasteiger partial charge is 0.434 e. The molecule has 198 valence electrons. The zero-order valence-corrected chi connectivity index (χ0v) is 20.5. The van der Waals surface area contributed by atoms with E-state index in [0.29, 0.717) is 15.5 Å². The number of anilines is 1. The molecule has 2 aromatic carbocycles. The lowest BCUT2D eigenvalue weighted by Crippen LogP contribution is -2.21. The summed E-state index contributed by atoms with van der Waals surface area (Å²) in [5, 5.41) is 20.4. The summed E-state index contributed by atoms with van der Waals surface area (Å²) < 4.78 is 49.8. The molecule has 0 radical (unpaired) electrons. The molecule has 0 aliphatic carbocycles. The van der Waals surface area contributed by atoms with Crippen LogP contribution in [0.2, 0.25) is 5.02 Å². The predicted octanol–water partition coefficient (Wildman–Crippen LogP) is 5.24. The molecule has 0 saturated heterocycles. The highest BCUT2D eigenvalue weighted by Crippen LogP contribution is 2.36. The van der Waals surface area contributed by atoms with E-state index in [2.05, 4.69) is 20.5 Å². The molecular formula is C25H16ClF3N6O4. The van der Waals surface area contributed by atoms with Gasteiger partial charge in [0.25, 0.3) is 5.91 Å². The Morgan fingerprint density at radius 2 is 1.79 bits per heavy atom. The van der Waals surface area contributed by atoms with Crippen LogP contribution in [0.1, 0.15) is 26.5 Å². The number of carboxylic acid groups (broad SMARTS) is 1. The SMILES string of the molecule is COc1nccc2c(-n3ncc(C(=O)Nc4ccc(-n5nccc5C(=O)O)c(Cl)c4)c3C(F)(F)F)cccc12. The van der Waals surface area contributed by atoms with Gasteiger partial charge in [0.15, 0.2) is 11.4 Å². The Labute approximate surface area is 222 Å². The van der Waals surface area contributed by atoms with E-state index in [1.165, 1.54) is 62.0 Å². The third-order valence-electron chi connectivity index (χ3n) is 5.75. The molecule has 0 unspecified atom stereocenters. The van der Waals surface area contributed by atoms with Gasteiger partial charge in [-0.15, -0.1) is 0 Å². The Morgan fingerprint density at radius 1 is 1.00 bits per heavy atom. The second kappa shape index (κ2) is 9.76. The quantitative estimate of drug-likeness (QED) is 0.293. The first-order valence-electron chi connectivity index (χ1n) is 11.1. The van der Waals surface area contributed by atoms with Crippen LogP contribution in [0.4, 0.5) is 18.9 Å². The van der Waals surface area contributed by atoms with E-state index in [1.807, 2.05) is 0 Å². The number of hydrogen-bond donors (Lipinski definition) is 2. The number of carbonyl (C=O) groups is 2.